The second-order valence-electron chi connectivity index (χ2n) is 8.78. The second-order valence-corrected chi connectivity index (χ2v) is 9.69. The number of fused-ring (bicyclic) bond motifs is 1. The van der Waals surface area contributed by atoms with Gasteiger partial charge in [0.25, 0.3) is 0 Å². The van der Waals surface area contributed by atoms with Crippen molar-refractivity contribution in [1.82, 2.24) is 35.2 Å². The van der Waals surface area contributed by atoms with Crippen LogP contribution in [0, 0.1) is 0 Å². The number of benzene rings is 1. The molecule has 5 aromatic rings. The van der Waals surface area contributed by atoms with E-state index < -0.39 is 0 Å². The van der Waals surface area contributed by atoms with Gasteiger partial charge in [0.05, 0.1) is 29.7 Å². The molecule has 1 unspecified atom stereocenters. The van der Waals surface area contributed by atoms with E-state index in [9.17, 15) is 0 Å². The second kappa shape index (κ2) is 10.7. The average molecular weight is 557 g/mol. The number of aromatic nitrogens is 6. The SMILES string of the molecule is Brc1cccc(-c2cc(-c3ccc(C4CNCCO4)nc3)nc3ncnc(NCCc4cnc[nH]4)c23)c1. The molecule has 4 aromatic heterocycles. The third-order valence-corrected chi connectivity index (χ3v) is 6.81. The van der Waals surface area contributed by atoms with E-state index in [1.807, 2.05) is 36.7 Å². The number of pyridine rings is 2. The molecule has 0 saturated carbocycles. The molecule has 3 N–H and O–H groups in total. The van der Waals surface area contributed by atoms with Gasteiger partial charge in [0.1, 0.15) is 18.2 Å². The molecular formula is C27H25BrN8O. The van der Waals surface area contributed by atoms with Crippen LogP contribution in [0.2, 0.25) is 0 Å². The van der Waals surface area contributed by atoms with Crippen LogP contribution in [-0.4, -0.2) is 56.1 Å². The van der Waals surface area contributed by atoms with Crippen LogP contribution in [0.5, 0.6) is 0 Å². The van der Waals surface area contributed by atoms with Gasteiger partial charge in [-0.15, -0.1) is 0 Å². The van der Waals surface area contributed by atoms with Gasteiger partial charge in [-0.1, -0.05) is 28.1 Å². The highest BCUT2D eigenvalue weighted by Crippen LogP contribution is 2.35. The molecule has 1 aliphatic rings. The number of halogens is 1. The molecule has 10 heteroatoms. The van der Waals surface area contributed by atoms with Gasteiger partial charge in [-0.3, -0.25) is 4.98 Å². The molecule has 0 radical (unpaired) electrons. The summed E-state index contributed by atoms with van der Waals surface area (Å²) < 4.78 is 6.84. The molecule has 5 heterocycles. The van der Waals surface area contributed by atoms with E-state index in [0.29, 0.717) is 18.8 Å². The van der Waals surface area contributed by atoms with Gasteiger partial charge >= 0.3 is 0 Å². The third-order valence-electron chi connectivity index (χ3n) is 6.32. The van der Waals surface area contributed by atoms with Gasteiger partial charge < -0.3 is 20.4 Å². The van der Waals surface area contributed by atoms with Gasteiger partial charge in [0, 0.05) is 54.2 Å². The summed E-state index contributed by atoms with van der Waals surface area (Å²) in [6, 6.07) is 14.4. The number of morpholine rings is 1. The highest BCUT2D eigenvalue weighted by Gasteiger charge is 2.18. The summed E-state index contributed by atoms with van der Waals surface area (Å²) in [6.07, 6.45) is 7.69. The Morgan fingerprint density at radius 2 is 2.03 bits per heavy atom. The van der Waals surface area contributed by atoms with Crippen LogP contribution in [0.25, 0.3) is 33.4 Å². The zero-order valence-electron chi connectivity index (χ0n) is 20.0. The number of rotatable bonds is 7. The van der Waals surface area contributed by atoms with Crippen molar-refractivity contribution in [3.8, 4) is 22.4 Å². The standard InChI is InChI=1S/C27H25BrN8O/c28-19-3-1-2-17(10-19)21-11-23(18-4-5-22(32-12-18)24-14-29-8-9-37-24)36-27-25(21)26(34-16-35-27)31-7-6-20-13-30-15-33-20/h1-5,10-13,15-16,24,29H,6-9,14H2,(H,30,33)(H,31,34,35,36). The summed E-state index contributed by atoms with van der Waals surface area (Å²) in [5, 5.41) is 7.70. The molecule has 0 spiro atoms. The smallest absolute Gasteiger partial charge is 0.165 e. The maximum Gasteiger partial charge on any atom is 0.165 e. The van der Waals surface area contributed by atoms with Crippen molar-refractivity contribution in [2.75, 3.05) is 31.6 Å². The normalized spacial score (nSPS) is 15.6. The molecule has 1 aliphatic heterocycles. The summed E-state index contributed by atoms with van der Waals surface area (Å²) in [5.74, 6) is 0.744. The first kappa shape index (κ1) is 23.7. The average Bonchev–Trinajstić information content (AvgIpc) is 3.47. The molecule has 1 fully saturated rings. The molecule has 186 valence electrons. The van der Waals surface area contributed by atoms with Gasteiger partial charge in [-0.05, 0) is 41.5 Å². The van der Waals surface area contributed by atoms with Crippen molar-refractivity contribution in [2.45, 2.75) is 12.5 Å². The van der Waals surface area contributed by atoms with E-state index in [4.69, 9.17) is 14.7 Å². The number of nitrogens with zero attached hydrogens (tertiary/aromatic N) is 5. The maximum atomic E-state index is 5.85. The molecule has 1 saturated heterocycles. The molecular weight excluding hydrogens is 532 g/mol. The van der Waals surface area contributed by atoms with Crippen molar-refractivity contribution < 1.29 is 4.74 Å². The highest BCUT2D eigenvalue weighted by atomic mass is 79.9. The summed E-state index contributed by atoms with van der Waals surface area (Å²) in [7, 11) is 0. The number of hydrogen-bond donors (Lipinski definition) is 3. The minimum Gasteiger partial charge on any atom is -0.369 e. The lowest BCUT2D eigenvalue weighted by Crippen LogP contribution is -2.33. The first-order valence-corrected chi connectivity index (χ1v) is 13.0. The van der Waals surface area contributed by atoms with E-state index in [0.717, 1.165) is 69.0 Å². The van der Waals surface area contributed by atoms with Gasteiger partial charge in [-0.25, -0.2) is 19.9 Å². The molecule has 1 aromatic carbocycles. The van der Waals surface area contributed by atoms with E-state index in [1.54, 1.807) is 12.7 Å². The zero-order chi connectivity index (χ0) is 25.0. The number of H-pyrrole nitrogens is 1. The lowest BCUT2D eigenvalue weighted by atomic mass is 10.00. The predicted octanol–water partition coefficient (Wildman–Crippen LogP) is 4.55. The number of aromatic amines is 1. The van der Waals surface area contributed by atoms with Crippen molar-refractivity contribution >= 4 is 32.8 Å². The summed E-state index contributed by atoms with van der Waals surface area (Å²) in [6.45, 7) is 3.02. The Bertz CT molecular complexity index is 1500. The summed E-state index contributed by atoms with van der Waals surface area (Å²) in [5.41, 5.74) is 6.34. The topological polar surface area (TPSA) is 114 Å². The van der Waals surface area contributed by atoms with Crippen LogP contribution in [0.4, 0.5) is 5.82 Å². The van der Waals surface area contributed by atoms with Gasteiger partial charge in [0.15, 0.2) is 5.65 Å². The van der Waals surface area contributed by atoms with Crippen LogP contribution in [0.15, 0.2) is 72.0 Å². The van der Waals surface area contributed by atoms with Crippen LogP contribution < -0.4 is 10.6 Å². The fourth-order valence-corrected chi connectivity index (χ4v) is 4.87. The van der Waals surface area contributed by atoms with Crippen LogP contribution in [0.3, 0.4) is 0 Å². The van der Waals surface area contributed by atoms with E-state index in [-0.39, 0.29) is 6.10 Å². The lowest BCUT2D eigenvalue weighted by molar-refractivity contribution is 0.0250. The molecule has 1 atom stereocenters. The summed E-state index contributed by atoms with van der Waals surface area (Å²) in [4.78, 5) is 25.9. The van der Waals surface area contributed by atoms with Crippen molar-refractivity contribution in [1.29, 1.82) is 0 Å². The molecule has 0 bridgehead atoms. The molecule has 0 amide bonds. The van der Waals surface area contributed by atoms with E-state index in [1.165, 1.54) is 0 Å². The van der Waals surface area contributed by atoms with Crippen molar-refractivity contribution in [2.24, 2.45) is 0 Å². The monoisotopic (exact) mass is 556 g/mol. The minimum atomic E-state index is -0.0345. The largest absolute Gasteiger partial charge is 0.369 e. The maximum absolute atomic E-state index is 5.85. The Morgan fingerprint density at radius 1 is 1.05 bits per heavy atom. The van der Waals surface area contributed by atoms with E-state index in [2.05, 4.69) is 64.7 Å². The Morgan fingerprint density at radius 3 is 2.81 bits per heavy atom. The van der Waals surface area contributed by atoms with E-state index >= 15 is 0 Å². The Labute approximate surface area is 222 Å². The van der Waals surface area contributed by atoms with Gasteiger partial charge in [-0.2, -0.15) is 0 Å². The molecule has 6 rings (SSSR count). The van der Waals surface area contributed by atoms with Crippen molar-refractivity contribution in [3.05, 3.63) is 83.4 Å². The number of hydrogen-bond acceptors (Lipinski definition) is 8. The predicted molar refractivity (Wildman–Crippen MR) is 146 cm³/mol. The zero-order valence-corrected chi connectivity index (χ0v) is 21.6. The first-order valence-electron chi connectivity index (χ1n) is 12.2. The number of anilines is 1. The van der Waals surface area contributed by atoms with Crippen LogP contribution >= 0.6 is 15.9 Å². The Hall–Kier alpha value is -3.73. The third kappa shape index (κ3) is 5.22. The molecule has 0 aliphatic carbocycles. The van der Waals surface area contributed by atoms with Crippen LogP contribution in [0.1, 0.15) is 17.5 Å². The summed E-state index contributed by atoms with van der Waals surface area (Å²) >= 11 is 3.62. The number of ether oxygens (including phenoxy) is 1. The highest BCUT2D eigenvalue weighted by molar-refractivity contribution is 9.10. The molecule has 37 heavy (non-hydrogen) atoms. The Balaban J connectivity index is 1.39. The van der Waals surface area contributed by atoms with Crippen molar-refractivity contribution in [3.63, 3.8) is 0 Å². The van der Waals surface area contributed by atoms with Gasteiger partial charge in [0.2, 0.25) is 0 Å². The quantitative estimate of drug-likeness (QED) is 0.267. The Kier molecular flexibility index (Phi) is 6.85. The number of imidazole rings is 1. The first-order chi connectivity index (χ1) is 18.2. The van der Waals surface area contributed by atoms with Crippen LogP contribution in [-0.2, 0) is 11.2 Å². The molecule has 9 nitrogen and oxygen atoms in total. The number of nitrogens with one attached hydrogen (secondary N) is 3. The fourth-order valence-electron chi connectivity index (χ4n) is 4.47. The lowest BCUT2D eigenvalue weighted by Gasteiger charge is -2.23. The fraction of sp³-hybridized carbons (Fsp3) is 0.222. The minimum absolute atomic E-state index is 0.0345.